The zero-order valence-electron chi connectivity index (χ0n) is 8.73. The van der Waals surface area contributed by atoms with Gasteiger partial charge in [-0.15, -0.1) is 0 Å². The average molecular weight is 208 g/mol. The molecule has 0 saturated carbocycles. The minimum Gasteiger partial charge on any atom is -0.495 e. The Morgan fingerprint density at radius 2 is 2.47 bits per heavy atom. The van der Waals surface area contributed by atoms with E-state index < -0.39 is 0 Å². The van der Waals surface area contributed by atoms with Gasteiger partial charge in [0.1, 0.15) is 5.75 Å². The van der Waals surface area contributed by atoms with Gasteiger partial charge in [0.05, 0.1) is 19.4 Å². The quantitative estimate of drug-likeness (QED) is 0.677. The third-order valence-corrected chi connectivity index (χ3v) is 2.90. The summed E-state index contributed by atoms with van der Waals surface area (Å²) in [6.45, 7) is 0.764. The van der Waals surface area contributed by atoms with Crippen molar-refractivity contribution in [2.45, 2.75) is 12.0 Å². The minimum atomic E-state index is -0.217. The number of ether oxygens (including phenoxy) is 1. The van der Waals surface area contributed by atoms with Crippen LogP contribution in [0.5, 0.6) is 5.75 Å². The van der Waals surface area contributed by atoms with Crippen LogP contribution in [0, 0.1) is 0 Å². The van der Waals surface area contributed by atoms with E-state index in [0.29, 0.717) is 0 Å². The molecule has 0 spiro atoms. The van der Waals surface area contributed by atoms with Gasteiger partial charge >= 0.3 is 0 Å². The van der Waals surface area contributed by atoms with Crippen LogP contribution in [0.1, 0.15) is 11.5 Å². The standard InChI is InChI=1S/C11H16N2O2/c1-15-10-4-2-3-7-8(9(12)6-14)5-13-11(7)10/h2-4,8-9,13-14H,5-6,12H2,1H3. The van der Waals surface area contributed by atoms with Gasteiger partial charge in [-0.25, -0.2) is 0 Å². The Kier molecular flexibility index (Phi) is 2.79. The minimum absolute atomic E-state index is 0.00297. The predicted octanol–water partition coefficient (Wildman–Crippen LogP) is 0.524. The van der Waals surface area contributed by atoms with E-state index in [1.54, 1.807) is 7.11 Å². The van der Waals surface area contributed by atoms with Crippen LogP contribution in [0.25, 0.3) is 0 Å². The Morgan fingerprint density at radius 3 is 3.13 bits per heavy atom. The number of benzene rings is 1. The number of rotatable bonds is 3. The summed E-state index contributed by atoms with van der Waals surface area (Å²) in [4.78, 5) is 0. The lowest BCUT2D eigenvalue weighted by Crippen LogP contribution is -2.33. The highest BCUT2D eigenvalue weighted by Crippen LogP contribution is 2.39. The van der Waals surface area contributed by atoms with Gasteiger partial charge in [-0.2, -0.15) is 0 Å². The Labute approximate surface area is 89.0 Å². The van der Waals surface area contributed by atoms with Crippen LogP contribution < -0.4 is 15.8 Å². The zero-order chi connectivity index (χ0) is 10.8. The number of fused-ring (bicyclic) bond motifs is 1. The summed E-state index contributed by atoms with van der Waals surface area (Å²) in [6.07, 6.45) is 0. The van der Waals surface area contributed by atoms with Gasteiger partial charge in [0, 0.05) is 18.5 Å². The van der Waals surface area contributed by atoms with E-state index in [4.69, 9.17) is 15.6 Å². The van der Waals surface area contributed by atoms with Crippen LogP contribution in [0.15, 0.2) is 18.2 Å². The highest BCUT2D eigenvalue weighted by molar-refractivity contribution is 5.67. The molecule has 2 unspecified atom stereocenters. The highest BCUT2D eigenvalue weighted by atomic mass is 16.5. The Hall–Kier alpha value is -1.26. The lowest BCUT2D eigenvalue weighted by atomic mass is 9.94. The molecular formula is C11H16N2O2. The van der Waals surface area contributed by atoms with Crippen molar-refractivity contribution in [1.82, 2.24) is 0 Å². The first kappa shape index (κ1) is 10.3. The average Bonchev–Trinajstić information content (AvgIpc) is 2.71. The van der Waals surface area contributed by atoms with Gasteiger partial charge in [0.25, 0.3) is 0 Å². The van der Waals surface area contributed by atoms with Crippen molar-refractivity contribution >= 4 is 5.69 Å². The summed E-state index contributed by atoms with van der Waals surface area (Å²) in [6, 6.07) is 5.67. The summed E-state index contributed by atoms with van der Waals surface area (Å²) in [5.74, 6) is 1.00. The van der Waals surface area contributed by atoms with Gasteiger partial charge in [-0.1, -0.05) is 12.1 Å². The number of anilines is 1. The van der Waals surface area contributed by atoms with Gasteiger partial charge in [-0.05, 0) is 11.6 Å². The second kappa shape index (κ2) is 4.08. The molecule has 0 amide bonds. The van der Waals surface area contributed by atoms with Crippen molar-refractivity contribution in [3.05, 3.63) is 23.8 Å². The third kappa shape index (κ3) is 1.66. The number of methoxy groups -OCH3 is 1. The van der Waals surface area contributed by atoms with Crippen molar-refractivity contribution in [2.75, 3.05) is 25.6 Å². The molecule has 0 bridgehead atoms. The molecule has 2 rings (SSSR count). The summed E-state index contributed by atoms with van der Waals surface area (Å²) >= 11 is 0. The number of nitrogens with two attached hydrogens (primary N) is 1. The molecule has 0 saturated heterocycles. The lowest BCUT2D eigenvalue weighted by Gasteiger charge is -2.16. The van der Waals surface area contributed by atoms with E-state index in [1.807, 2.05) is 18.2 Å². The number of nitrogens with one attached hydrogen (secondary N) is 1. The Morgan fingerprint density at radius 1 is 1.67 bits per heavy atom. The number of hydrogen-bond donors (Lipinski definition) is 3. The molecule has 1 heterocycles. The van der Waals surface area contributed by atoms with Gasteiger partial charge in [0.15, 0.2) is 0 Å². The number of aliphatic hydroxyl groups is 1. The van der Waals surface area contributed by atoms with Gasteiger partial charge in [-0.3, -0.25) is 0 Å². The van der Waals surface area contributed by atoms with Crippen molar-refractivity contribution < 1.29 is 9.84 Å². The third-order valence-electron chi connectivity index (χ3n) is 2.90. The van der Waals surface area contributed by atoms with E-state index in [2.05, 4.69) is 5.32 Å². The van der Waals surface area contributed by atoms with Crippen molar-refractivity contribution in [2.24, 2.45) is 5.73 Å². The molecule has 1 aliphatic heterocycles. The Bertz CT molecular complexity index is 354. The second-order valence-corrected chi connectivity index (χ2v) is 3.76. The normalized spacial score (nSPS) is 20.6. The molecule has 4 N–H and O–H groups in total. The topological polar surface area (TPSA) is 67.5 Å². The van der Waals surface area contributed by atoms with Crippen LogP contribution in [-0.4, -0.2) is 31.4 Å². The van der Waals surface area contributed by atoms with E-state index in [-0.39, 0.29) is 18.6 Å². The molecule has 0 radical (unpaired) electrons. The molecule has 15 heavy (non-hydrogen) atoms. The van der Waals surface area contributed by atoms with Gasteiger partial charge in [0.2, 0.25) is 0 Å². The Balaban J connectivity index is 2.35. The molecule has 0 aromatic heterocycles. The molecule has 2 atom stereocenters. The molecule has 1 aromatic carbocycles. The van der Waals surface area contributed by atoms with Crippen LogP contribution in [0.2, 0.25) is 0 Å². The summed E-state index contributed by atoms with van der Waals surface area (Å²) in [7, 11) is 1.65. The first-order valence-electron chi connectivity index (χ1n) is 5.05. The SMILES string of the molecule is COc1cccc2c1NCC2C(N)CO. The van der Waals surface area contributed by atoms with Crippen molar-refractivity contribution in [3.8, 4) is 5.75 Å². The smallest absolute Gasteiger partial charge is 0.142 e. The number of hydrogen-bond acceptors (Lipinski definition) is 4. The van der Waals surface area contributed by atoms with E-state index in [0.717, 1.165) is 23.5 Å². The first-order valence-corrected chi connectivity index (χ1v) is 5.05. The van der Waals surface area contributed by atoms with E-state index in [1.165, 1.54) is 0 Å². The van der Waals surface area contributed by atoms with Gasteiger partial charge < -0.3 is 20.9 Å². The maximum Gasteiger partial charge on any atom is 0.142 e. The first-order chi connectivity index (χ1) is 7.27. The lowest BCUT2D eigenvalue weighted by molar-refractivity contribution is 0.252. The van der Waals surface area contributed by atoms with E-state index >= 15 is 0 Å². The molecule has 4 nitrogen and oxygen atoms in total. The van der Waals surface area contributed by atoms with E-state index in [9.17, 15) is 0 Å². The summed E-state index contributed by atoms with van der Waals surface area (Å²) in [5.41, 5.74) is 8.00. The summed E-state index contributed by atoms with van der Waals surface area (Å²) < 4.78 is 5.25. The van der Waals surface area contributed by atoms with Crippen LogP contribution in [0.3, 0.4) is 0 Å². The highest BCUT2D eigenvalue weighted by Gasteiger charge is 2.28. The molecule has 0 aliphatic carbocycles. The molecule has 82 valence electrons. The maximum absolute atomic E-state index is 9.06. The van der Waals surface area contributed by atoms with Crippen LogP contribution >= 0.6 is 0 Å². The van der Waals surface area contributed by atoms with Crippen molar-refractivity contribution in [1.29, 1.82) is 0 Å². The van der Waals surface area contributed by atoms with Crippen LogP contribution in [-0.2, 0) is 0 Å². The number of aliphatic hydroxyl groups excluding tert-OH is 1. The monoisotopic (exact) mass is 208 g/mol. The molecular weight excluding hydrogens is 192 g/mol. The number of para-hydroxylation sites is 1. The van der Waals surface area contributed by atoms with Crippen molar-refractivity contribution in [3.63, 3.8) is 0 Å². The second-order valence-electron chi connectivity index (χ2n) is 3.76. The predicted molar refractivity (Wildman–Crippen MR) is 59.3 cm³/mol. The fourth-order valence-corrected chi connectivity index (χ4v) is 2.05. The molecule has 4 heteroatoms. The fourth-order valence-electron chi connectivity index (χ4n) is 2.05. The van der Waals surface area contributed by atoms with Crippen LogP contribution in [0.4, 0.5) is 5.69 Å². The fraction of sp³-hybridized carbons (Fsp3) is 0.455. The largest absolute Gasteiger partial charge is 0.495 e. The zero-order valence-corrected chi connectivity index (χ0v) is 8.73. The maximum atomic E-state index is 9.06. The molecule has 1 aliphatic rings. The summed E-state index contributed by atoms with van der Waals surface area (Å²) in [5, 5.41) is 12.3. The molecule has 0 fully saturated rings. The molecule has 1 aromatic rings.